The van der Waals surface area contributed by atoms with Crippen molar-refractivity contribution in [2.24, 2.45) is 0 Å². The molecule has 0 unspecified atom stereocenters. The first-order valence-electron chi connectivity index (χ1n) is 10.5. The van der Waals surface area contributed by atoms with Gasteiger partial charge in [-0.2, -0.15) is 0 Å². The third-order valence-corrected chi connectivity index (χ3v) is 6.13. The number of piperazine rings is 1. The van der Waals surface area contributed by atoms with E-state index in [-0.39, 0.29) is 44.3 Å². The Morgan fingerprint density at radius 2 is 1.86 bits per heavy atom. The van der Waals surface area contributed by atoms with Crippen molar-refractivity contribution < 1.29 is 24.0 Å². The lowest BCUT2D eigenvalue weighted by Gasteiger charge is -2.37. The average Bonchev–Trinajstić information content (AvgIpc) is 2.83. The molecule has 0 radical (unpaired) electrons. The number of benzene rings is 2. The summed E-state index contributed by atoms with van der Waals surface area (Å²) in [6, 6.07) is 7.15. The van der Waals surface area contributed by atoms with Crippen molar-refractivity contribution in [1.82, 2.24) is 10.2 Å². The molecule has 1 heterocycles. The second-order valence-corrected chi connectivity index (χ2v) is 8.61. The molecule has 0 aliphatic carbocycles. The number of nitro benzene ring substituents is 1. The van der Waals surface area contributed by atoms with E-state index in [4.69, 9.17) is 44.9 Å². The van der Waals surface area contributed by atoms with Crippen molar-refractivity contribution in [2.45, 2.75) is 6.92 Å². The predicted molar refractivity (Wildman–Crippen MR) is 136 cm³/mol. The summed E-state index contributed by atoms with van der Waals surface area (Å²) in [4.78, 5) is 39.5. The summed E-state index contributed by atoms with van der Waals surface area (Å²) in [5, 5.41) is 15.0. The molecule has 1 saturated heterocycles. The topological polar surface area (TPSA) is 114 Å². The number of nitrogens with zero attached hydrogens (tertiary/aromatic N) is 3. The van der Waals surface area contributed by atoms with Crippen LogP contribution in [0.15, 0.2) is 30.3 Å². The fourth-order valence-corrected chi connectivity index (χ4v) is 4.45. The van der Waals surface area contributed by atoms with Gasteiger partial charge in [-0.25, -0.2) is 4.79 Å². The van der Waals surface area contributed by atoms with Crippen LogP contribution in [0.1, 0.15) is 27.6 Å². The molecule has 0 atom stereocenters. The highest BCUT2D eigenvalue weighted by Gasteiger charge is 2.27. The number of ether oxygens (including phenoxy) is 2. The number of esters is 1. The van der Waals surface area contributed by atoms with E-state index in [2.05, 4.69) is 5.32 Å². The van der Waals surface area contributed by atoms with Crippen LogP contribution in [-0.4, -0.2) is 66.7 Å². The van der Waals surface area contributed by atoms with Crippen LogP contribution in [0.4, 0.5) is 11.4 Å². The Kier molecular flexibility index (Phi) is 8.71. The zero-order valence-corrected chi connectivity index (χ0v) is 21.2. The summed E-state index contributed by atoms with van der Waals surface area (Å²) < 4.78 is 10.1. The van der Waals surface area contributed by atoms with Gasteiger partial charge in [-0.05, 0) is 43.4 Å². The summed E-state index contributed by atoms with van der Waals surface area (Å²) in [5.41, 5.74) is 0.449. The van der Waals surface area contributed by atoms with Gasteiger partial charge < -0.3 is 19.3 Å². The molecule has 1 N–H and O–H groups in total. The Balaban J connectivity index is 1.68. The molecular formula is C22H22Cl2N4O6S. The van der Waals surface area contributed by atoms with Crippen molar-refractivity contribution >= 4 is 63.8 Å². The number of nitrogens with one attached hydrogen (secondary N) is 1. The molecule has 1 amide bonds. The fourth-order valence-electron chi connectivity index (χ4n) is 3.61. The van der Waals surface area contributed by atoms with E-state index >= 15 is 0 Å². The minimum absolute atomic E-state index is 0.112. The van der Waals surface area contributed by atoms with E-state index in [0.717, 1.165) is 0 Å². The van der Waals surface area contributed by atoms with Crippen molar-refractivity contribution in [2.75, 3.05) is 44.8 Å². The van der Waals surface area contributed by atoms with Gasteiger partial charge in [0.05, 0.1) is 34.8 Å². The van der Waals surface area contributed by atoms with Crippen molar-refractivity contribution in [3.8, 4) is 5.75 Å². The number of anilines is 1. The summed E-state index contributed by atoms with van der Waals surface area (Å²) in [7, 11) is 1.39. The molecule has 1 fully saturated rings. The lowest BCUT2D eigenvalue weighted by atomic mass is 10.1. The molecule has 0 aromatic heterocycles. The number of halogens is 2. The van der Waals surface area contributed by atoms with Gasteiger partial charge in [0, 0.05) is 37.3 Å². The number of thiocarbonyl (C=S) groups is 1. The number of amides is 1. The largest absolute Gasteiger partial charge is 0.494 e. The number of hydrogen-bond acceptors (Lipinski definition) is 8. The standard InChI is InChI=1S/C22H22Cl2N4O6S/c1-3-34-21(30)13-4-5-17(18(10-13)28(31)32)26-6-8-27(9-7-26)22(35)25-20(29)15-11-14(23)12-16(24)19(15)33-2/h4-5,10-12H,3,6-9H2,1-2H3,(H,25,29,35). The SMILES string of the molecule is CCOC(=O)c1ccc(N2CCN(C(=S)NC(=O)c3cc(Cl)cc(Cl)c3OC)CC2)c([N+](=O)[O-])c1. The van der Waals surface area contributed by atoms with E-state index in [9.17, 15) is 19.7 Å². The molecule has 0 spiro atoms. The molecule has 1 aliphatic heterocycles. The number of nitro groups is 1. The summed E-state index contributed by atoms with van der Waals surface area (Å²) >= 11 is 17.5. The minimum atomic E-state index is -0.620. The molecular weight excluding hydrogens is 519 g/mol. The van der Waals surface area contributed by atoms with Crippen LogP contribution in [0.2, 0.25) is 10.0 Å². The number of carbonyl (C=O) groups is 2. The maximum atomic E-state index is 12.8. The average molecular weight is 541 g/mol. The van der Waals surface area contributed by atoms with Gasteiger partial charge in [0.2, 0.25) is 0 Å². The zero-order valence-electron chi connectivity index (χ0n) is 18.9. The van der Waals surface area contributed by atoms with E-state index in [1.165, 1.54) is 37.4 Å². The smallest absolute Gasteiger partial charge is 0.338 e. The highest BCUT2D eigenvalue weighted by molar-refractivity contribution is 7.80. The highest BCUT2D eigenvalue weighted by Crippen LogP contribution is 2.33. The van der Waals surface area contributed by atoms with Gasteiger partial charge in [-0.1, -0.05) is 23.2 Å². The predicted octanol–water partition coefficient (Wildman–Crippen LogP) is 3.92. The van der Waals surface area contributed by atoms with Gasteiger partial charge in [0.15, 0.2) is 5.11 Å². The maximum absolute atomic E-state index is 12.8. The summed E-state index contributed by atoms with van der Waals surface area (Å²) in [5.74, 6) is -0.964. The van der Waals surface area contributed by atoms with E-state index in [1.807, 2.05) is 4.90 Å². The molecule has 13 heteroatoms. The number of rotatable bonds is 6. The second kappa shape index (κ2) is 11.5. The lowest BCUT2D eigenvalue weighted by molar-refractivity contribution is -0.384. The molecule has 35 heavy (non-hydrogen) atoms. The van der Waals surface area contributed by atoms with Crippen molar-refractivity contribution in [3.63, 3.8) is 0 Å². The third-order valence-electron chi connectivity index (χ3n) is 5.27. The number of carbonyl (C=O) groups excluding carboxylic acids is 2. The number of hydrogen-bond donors (Lipinski definition) is 1. The van der Waals surface area contributed by atoms with Gasteiger partial charge >= 0.3 is 5.97 Å². The fraction of sp³-hybridized carbons (Fsp3) is 0.318. The highest BCUT2D eigenvalue weighted by atomic mass is 35.5. The first-order valence-corrected chi connectivity index (χ1v) is 11.7. The molecule has 2 aromatic carbocycles. The van der Waals surface area contributed by atoms with Crippen LogP contribution >= 0.6 is 35.4 Å². The first kappa shape index (κ1) is 26.5. The third kappa shape index (κ3) is 6.11. The lowest BCUT2D eigenvalue weighted by Crippen LogP contribution is -2.52. The Morgan fingerprint density at radius 1 is 1.17 bits per heavy atom. The van der Waals surface area contributed by atoms with Crippen LogP contribution in [-0.2, 0) is 4.74 Å². The quantitative estimate of drug-likeness (QED) is 0.252. The zero-order chi connectivity index (χ0) is 25.7. The van der Waals surface area contributed by atoms with Crippen LogP contribution in [0.5, 0.6) is 5.75 Å². The van der Waals surface area contributed by atoms with Crippen molar-refractivity contribution in [1.29, 1.82) is 0 Å². The molecule has 3 rings (SSSR count). The molecule has 2 aromatic rings. The van der Waals surface area contributed by atoms with E-state index in [1.54, 1.807) is 11.8 Å². The van der Waals surface area contributed by atoms with Crippen LogP contribution in [0.3, 0.4) is 0 Å². The van der Waals surface area contributed by atoms with Gasteiger partial charge in [-0.3, -0.25) is 20.2 Å². The van der Waals surface area contributed by atoms with Crippen LogP contribution in [0.25, 0.3) is 0 Å². The molecule has 1 aliphatic rings. The minimum Gasteiger partial charge on any atom is -0.494 e. The molecule has 0 bridgehead atoms. The molecule has 186 valence electrons. The van der Waals surface area contributed by atoms with E-state index < -0.39 is 16.8 Å². The molecule has 10 nitrogen and oxygen atoms in total. The second-order valence-electron chi connectivity index (χ2n) is 7.38. The van der Waals surface area contributed by atoms with E-state index in [0.29, 0.717) is 31.9 Å². The Bertz CT molecular complexity index is 1170. The van der Waals surface area contributed by atoms with Gasteiger partial charge in [-0.15, -0.1) is 0 Å². The van der Waals surface area contributed by atoms with Crippen molar-refractivity contribution in [3.05, 3.63) is 61.6 Å². The normalized spacial score (nSPS) is 13.3. The summed E-state index contributed by atoms with van der Waals surface area (Å²) in [6.45, 7) is 3.45. The summed E-state index contributed by atoms with van der Waals surface area (Å²) in [6.07, 6.45) is 0. The Hall–Kier alpha value is -3.15. The first-order chi connectivity index (χ1) is 16.7. The monoisotopic (exact) mass is 540 g/mol. The number of methoxy groups -OCH3 is 1. The van der Waals surface area contributed by atoms with Crippen LogP contribution in [0, 0.1) is 10.1 Å². The Labute approximate surface area is 216 Å². The maximum Gasteiger partial charge on any atom is 0.338 e. The molecule has 0 saturated carbocycles. The van der Waals surface area contributed by atoms with Gasteiger partial charge in [0.25, 0.3) is 11.6 Å². The van der Waals surface area contributed by atoms with Gasteiger partial charge in [0.1, 0.15) is 11.4 Å². The van der Waals surface area contributed by atoms with Crippen LogP contribution < -0.4 is 15.0 Å². The Morgan fingerprint density at radius 3 is 2.46 bits per heavy atom.